The number of carboxylic acids is 1. The Balaban J connectivity index is 2.12. The second-order valence-corrected chi connectivity index (χ2v) is 4.23. The Morgan fingerprint density at radius 3 is 2.95 bits per heavy atom. The van der Waals surface area contributed by atoms with Gasteiger partial charge in [-0.05, 0) is 25.5 Å². The van der Waals surface area contributed by atoms with Gasteiger partial charge in [0.25, 0.3) is 5.89 Å². The molecule has 2 rings (SSSR count). The monoisotopic (exact) mass is 264 g/mol. The Bertz CT molecular complexity index is 595. The Labute approximate surface area is 109 Å². The van der Waals surface area contributed by atoms with Gasteiger partial charge in [0, 0.05) is 12.8 Å². The van der Waals surface area contributed by atoms with Gasteiger partial charge in [0.05, 0.1) is 5.56 Å². The first-order valence-corrected chi connectivity index (χ1v) is 5.87. The molecule has 0 unspecified atom stereocenters. The van der Waals surface area contributed by atoms with Crippen LogP contribution in [0.15, 0.2) is 22.6 Å². The number of rotatable bonds is 5. The van der Waals surface area contributed by atoms with Crippen LogP contribution in [0.2, 0.25) is 0 Å². The maximum Gasteiger partial charge on any atom is 0.303 e. The van der Waals surface area contributed by atoms with Gasteiger partial charge in [0.1, 0.15) is 5.82 Å². The van der Waals surface area contributed by atoms with E-state index in [1.54, 1.807) is 12.1 Å². The average Bonchev–Trinajstić information content (AvgIpc) is 2.80. The van der Waals surface area contributed by atoms with Crippen LogP contribution < -0.4 is 0 Å². The van der Waals surface area contributed by atoms with Gasteiger partial charge in [0.15, 0.2) is 0 Å². The summed E-state index contributed by atoms with van der Waals surface area (Å²) in [6, 6.07) is 4.63. The van der Waals surface area contributed by atoms with E-state index >= 15 is 0 Å². The van der Waals surface area contributed by atoms with Gasteiger partial charge in [0.2, 0.25) is 5.89 Å². The summed E-state index contributed by atoms with van der Waals surface area (Å²) in [5, 5.41) is 16.1. The van der Waals surface area contributed by atoms with Crippen LogP contribution in [-0.4, -0.2) is 21.3 Å². The van der Waals surface area contributed by atoms with Crippen molar-refractivity contribution in [1.82, 2.24) is 10.2 Å². The summed E-state index contributed by atoms with van der Waals surface area (Å²) < 4.78 is 18.9. The highest BCUT2D eigenvalue weighted by atomic mass is 19.1. The normalized spacial score (nSPS) is 10.6. The molecule has 0 fully saturated rings. The number of aryl methyl sites for hydroxylation is 2. The molecule has 5 nitrogen and oxygen atoms in total. The third kappa shape index (κ3) is 3.37. The van der Waals surface area contributed by atoms with Crippen LogP contribution >= 0.6 is 0 Å². The van der Waals surface area contributed by atoms with Crippen molar-refractivity contribution in [3.63, 3.8) is 0 Å². The maximum absolute atomic E-state index is 13.6. The second-order valence-electron chi connectivity index (χ2n) is 4.23. The van der Waals surface area contributed by atoms with Crippen LogP contribution in [0.5, 0.6) is 0 Å². The summed E-state index contributed by atoms with van der Waals surface area (Å²) in [5.41, 5.74) is 1.15. The summed E-state index contributed by atoms with van der Waals surface area (Å²) in [6.07, 6.45) is 0.816. The van der Waals surface area contributed by atoms with Crippen molar-refractivity contribution in [2.45, 2.75) is 26.2 Å². The molecule has 0 aliphatic carbocycles. The van der Waals surface area contributed by atoms with Crippen LogP contribution in [0.1, 0.15) is 24.3 Å². The van der Waals surface area contributed by atoms with E-state index in [0.29, 0.717) is 18.7 Å². The van der Waals surface area contributed by atoms with Crippen LogP contribution in [0.25, 0.3) is 11.5 Å². The van der Waals surface area contributed by atoms with E-state index in [1.807, 2.05) is 6.92 Å². The molecule has 19 heavy (non-hydrogen) atoms. The third-order valence-electron chi connectivity index (χ3n) is 2.60. The van der Waals surface area contributed by atoms with Crippen molar-refractivity contribution in [3.05, 3.63) is 35.5 Å². The standard InChI is InChI=1S/C13H13FN2O3/c1-8-5-6-10(14)9(7-8)13-16-15-11(19-13)3-2-4-12(17)18/h5-7H,2-4H2,1H3,(H,17,18). The topological polar surface area (TPSA) is 76.2 Å². The summed E-state index contributed by atoms with van der Waals surface area (Å²) in [6.45, 7) is 1.84. The lowest BCUT2D eigenvalue weighted by Gasteiger charge is -1.99. The minimum Gasteiger partial charge on any atom is -0.481 e. The molecule has 1 aromatic carbocycles. The molecule has 0 aliphatic rings. The number of hydrogen-bond donors (Lipinski definition) is 1. The highest BCUT2D eigenvalue weighted by Gasteiger charge is 2.13. The SMILES string of the molecule is Cc1ccc(F)c(-c2nnc(CCCC(=O)O)o2)c1. The largest absolute Gasteiger partial charge is 0.481 e. The minimum atomic E-state index is -0.871. The molecule has 6 heteroatoms. The predicted octanol–water partition coefficient (Wildman–Crippen LogP) is 2.59. The fourth-order valence-electron chi connectivity index (χ4n) is 1.66. The van der Waals surface area contributed by atoms with Crippen LogP contribution in [0.3, 0.4) is 0 Å². The van der Waals surface area contributed by atoms with E-state index in [2.05, 4.69) is 10.2 Å². The number of nitrogens with zero attached hydrogens (tertiary/aromatic N) is 2. The number of halogens is 1. The number of aliphatic carboxylic acids is 1. The third-order valence-corrected chi connectivity index (χ3v) is 2.60. The van der Waals surface area contributed by atoms with E-state index in [-0.39, 0.29) is 17.9 Å². The molecule has 0 saturated carbocycles. The first-order chi connectivity index (χ1) is 9.06. The molecule has 0 amide bonds. The van der Waals surface area contributed by atoms with Crippen molar-refractivity contribution in [2.75, 3.05) is 0 Å². The summed E-state index contributed by atoms with van der Waals surface area (Å²) in [7, 11) is 0. The highest BCUT2D eigenvalue weighted by molar-refractivity contribution is 5.66. The predicted molar refractivity (Wildman–Crippen MR) is 65.0 cm³/mol. The molecule has 2 aromatic rings. The van der Waals surface area contributed by atoms with Crippen molar-refractivity contribution >= 4 is 5.97 Å². The lowest BCUT2D eigenvalue weighted by molar-refractivity contribution is -0.137. The maximum atomic E-state index is 13.6. The molecule has 0 atom stereocenters. The van der Waals surface area contributed by atoms with Crippen molar-refractivity contribution in [3.8, 4) is 11.5 Å². The summed E-state index contributed by atoms with van der Waals surface area (Å²) >= 11 is 0. The Morgan fingerprint density at radius 2 is 2.21 bits per heavy atom. The molecule has 0 aliphatic heterocycles. The van der Waals surface area contributed by atoms with E-state index in [9.17, 15) is 9.18 Å². The fraction of sp³-hybridized carbons (Fsp3) is 0.308. The second kappa shape index (κ2) is 5.60. The first kappa shape index (κ1) is 13.2. The van der Waals surface area contributed by atoms with Gasteiger partial charge in [-0.2, -0.15) is 0 Å². The molecular weight excluding hydrogens is 251 g/mol. The molecule has 0 spiro atoms. The molecule has 1 aromatic heterocycles. The molecular formula is C13H13FN2O3. The average molecular weight is 264 g/mol. The zero-order chi connectivity index (χ0) is 13.8. The fourth-order valence-corrected chi connectivity index (χ4v) is 1.66. The molecule has 100 valence electrons. The summed E-state index contributed by atoms with van der Waals surface area (Å²) in [4.78, 5) is 10.4. The van der Waals surface area contributed by atoms with Gasteiger partial charge < -0.3 is 9.52 Å². The minimum absolute atomic E-state index is 0.0382. The van der Waals surface area contributed by atoms with Gasteiger partial charge >= 0.3 is 5.97 Å². The van der Waals surface area contributed by atoms with Gasteiger partial charge in [-0.3, -0.25) is 4.79 Å². The van der Waals surface area contributed by atoms with E-state index in [0.717, 1.165) is 5.56 Å². The Morgan fingerprint density at radius 1 is 1.42 bits per heavy atom. The Hall–Kier alpha value is -2.24. The lowest BCUT2D eigenvalue weighted by Crippen LogP contribution is -1.95. The van der Waals surface area contributed by atoms with Gasteiger partial charge in [-0.25, -0.2) is 4.39 Å². The zero-order valence-corrected chi connectivity index (χ0v) is 10.4. The van der Waals surface area contributed by atoms with Crippen LogP contribution in [-0.2, 0) is 11.2 Å². The highest BCUT2D eigenvalue weighted by Crippen LogP contribution is 2.23. The van der Waals surface area contributed by atoms with E-state index in [1.165, 1.54) is 6.07 Å². The van der Waals surface area contributed by atoms with E-state index in [4.69, 9.17) is 9.52 Å². The molecule has 1 heterocycles. The van der Waals surface area contributed by atoms with Crippen molar-refractivity contribution < 1.29 is 18.7 Å². The number of hydrogen-bond acceptors (Lipinski definition) is 4. The smallest absolute Gasteiger partial charge is 0.303 e. The molecule has 0 radical (unpaired) electrons. The Kier molecular flexibility index (Phi) is 3.89. The molecule has 1 N–H and O–H groups in total. The number of aromatic nitrogens is 2. The summed E-state index contributed by atoms with van der Waals surface area (Å²) in [5.74, 6) is -0.862. The van der Waals surface area contributed by atoms with E-state index < -0.39 is 11.8 Å². The van der Waals surface area contributed by atoms with Gasteiger partial charge in [-0.15, -0.1) is 10.2 Å². The lowest BCUT2D eigenvalue weighted by atomic mass is 10.1. The van der Waals surface area contributed by atoms with Gasteiger partial charge in [-0.1, -0.05) is 11.6 Å². The quantitative estimate of drug-likeness (QED) is 0.898. The van der Waals surface area contributed by atoms with Crippen LogP contribution in [0.4, 0.5) is 4.39 Å². The molecule has 0 bridgehead atoms. The molecule has 0 saturated heterocycles. The van der Waals surface area contributed by atoms with Crippen molar-refractivity contribution in [1.29, 1.82) is 0 Å². The zero-order valence-electron chi connectivity index (χ0n) is 10.4. The number of carbonyl (C=O) groups is 1. The number of carboxylic acid groups (broad SMARTS) is 1. The van der Waals surface area contributed by atoms with Crippen molar-refractivity contribution in [2.24, 2.45) is 0 Å². The number of benzene rings is 1. The first-order valence-electron chi connectivity index (χ1n) is 5.87. The van der Waals surface area contributed by atoms with Crippen LogP contribution in [0, 0.1) is 12.7 Å².